The van der Waals surface area contributed by atoms with Crippen LogP contribution in [0.1, 0.15) is 47.0 Å². The van der Waals surface area contributed by atoms with Gasteiger partial charge in [-0.25, -0.2) is 0 Å². The van der Waals surface area contributed by atoms with Gasteiger partial charge in [0.15, 0.2) is 0 Å². The third-order valence-corrected chi connectivity index (χ3v) is 3.45. The first-order valence-electron chi connectivity index (χ1n) is 7.16. The second-order valence-electron chi connectivity index (χ2n) is 5.70. The van der Waals surface area contributed by atoms with Gasteiger partial charge in [-0.05, 0) is 39.0 Å². The molecule has 106 valence electrons. The molecule has 1 aliphatic heterocycles. The number of rotatable bonds is 7. The molecule has 0 aromatic heterocycles. The highest BCUT2D eigenvalue weighted by molar-refractivity contribution is 5.81. The summed E-state index contributed by atoms with van der Waals surface area (Å²) in [5.74, 6) is 0.708. The minimum absolute atomic E-state index is 0.0838. The Morgan fingerprint density at radius 2 is 2.06 bits per heavy atom. The monoisotopic (exact) mass is 256 g/mol. The summed E-state index contributed by atoms with van der Waals surface area (Å²) in [4.78, 5) is 11.9. The molecule has 0 radical (unpaired) electrons. The first kappa shape index (κ1) is 15.4. The second-order valence-corrected chi connectivity index (χ2v) is 5.70. The van der Waals surface area contributed by atoms with E-state index >= 15 is 0 Å². The minimum Gasteiger partial charge on any atom is -0.377 e. The molecule has 0 bridgehead atoms. The predicted molar refractivity (Wildman–Crippen MR) is 73.5 cm³/mol. The van der Waals surface area contributed by atoms with Crippen molar-refractivity contribution in [3.63, 3.8) is 0 Å². The molecule has 1 heterocycles. The van der Waals surface area contributed by atoms with Crippen molar-refractivity contribution >= 4 is 5.91 Å². The zero-order valence-corrected chi connectivity index (χ0v) is 12.2. The van der Waals surface area contributed by atoms with Crippen molar-refractivity contribution in [3.05, 3.63) is 0 Å². The molecule has 4 nitrogen and oxygen atoms in total. The summed E-state index contributed by atoms with van der Waals surface area (Å²) in [5, 5.41) is 6.29. The van der Waals surface area contributed by atoms with E-state index in [0.717, 1.165) is 32.4 Å². The van der Waals surface area contributed by atoms with Gasteiger partial charge in [0, 0.05) is 19.2 Å². The van der Waals surface area contributed by atoms with Crippen molar-refractivity contribution < 1.29 is 9.53 Å². The number of hydrogen-bond acceptors (Lipinski definition) is 3. The maximum absolute atomic E-state index is 11.9. The number of carbonyl (C=O) groups is 1. The van der Waals surface area contributed by atoms with Crippen LogP contribution in [0.15, 0.2) is 0 Å². The van der Waals surface area contributed by atoms with Crippen LogP contribution in [0, 0.1) is 5.92 Å². The first-order valence-corrected chi connectivity index (χ1v) is 7.16. The van der Waals surface area contributed by atoms with Crippen LogP contribution in [0.2, 0.25) is 0 Å². The van der Waals surface area contributed by atoms with E-state index in [1.165, 1.54) is 0 Å². The fraction of sp³-hybridized carbons (Fsp3) is 0.929. The van der Waals surface area contributed by atoms with E-state index in [2.05, 4.69) is 31.4 Å². The maximum atomic E-state index is 11.9. The maximum Gasteiger partial charge on any atom is 0.236 e. The highest BCUT2D eigenvalue weighted by Gasteiger charge is 2.25. The molecule has 1 rings (SSSR count). The summed E-state index contributed by atoms with van der Waals surface area (Å²) in [6.45, 7) is 9.94. The topological polar surface area (TPSA) is 50.4 Å². The highest BCUT2D eigenvalue weighted by Crippen LogP contribution is 2.15. The lowest BCUT2D eigenvalue weighted by Crippen LogP contribution is -2.49. The summed E-state index contributed by atoms with van der Waals surface area (Å²) in [7, 11) is 0. The van der Waals surface area contributed by atoms with Gasteiger partial charge in [0.05, 0.1) is 12.1 Å². The molecule has 3 atom stereocenters. The SMILES string of the molecule is CC(C)CCNC(=O)C(C)NC(C)C1CCCO1. The van der Waals surface area contributed by atoms with Crippen molar-refractivity contribution in [2.75, 3.05) is 13.2 Å². The third kappa shape index (κ3) is 5.36. The molecule has 4 heteroatoms. The van der Waals surface area contributed by atoms with Crippen LogP contribution < -0.4 is 10.6 Å². The van der Waals surface area contributed by atoms with Gasteiger partial charge in [-0.3, -0.25) is 4.79 Å². The van der Waals surface area contributed by atoms with Gasteiger partial charge in [0.25, 0.3) is 0 Å². The minimum atomic E-state index is -0.156. The molecule has 1 fully saturated rings. The predicted octanol–water partition coefficient (Wildman–Crippen LogP) is 1.69. The van der Waals surface area contributed by atoms with E-state index in [1.807, 2.05) is 6.92 Å². The number of carbonyl (C=O) groups excluding carboxylic acids is 1. The summed E-state index contributed by atoms with van der Waals surface area (Å²) in [5.41, 5.74) is 0. The van der Waals surface area contributed by atoms with Gasteiger partial charge in [-0.1, -0.05) is 13.8 Å². The van der Waals surface area contributed by atoms with Gasteiger partial charge in [-0.15, -0.1) is 0 Å². The first-order chi connectivity index (χ1) is 8.50. The number of ether oxygens (including phenoxy) is 1. The van der Waals surface area contributed by atoms with E-state index in [9.17, 15) is 4.79 Å². The van der Waals surface area contributed by atoms with Crippen LogP contribution >= 0.6 is 0 Å². The highest BCUT2D eigenvalue weighted by atomic mass is 16.5. The summed E-state index contributed by atoms with van der Waals surface area (Å²) >= 11 is 0. The molecule has 0 aliphatic carbocycles. The molecule has 0 spiro atoms. The Labute approximate surface area is 111 Å². The molecular formula is C14H28N2O2. The zero-order chi connectivity index (χ0) is 13.5. The van der Waals surface area contributed by atoms with Crippen LogP contribution in [-0.2, 0) is 9.53 Å². The largest absolute Gasteiger partial charge is 0.377 e. The van der Waals surface area contributed by atoms with Gasteiger partial charge in [0.1, 0.15) is 0 Å². The van der Waals surface area contributed by atoms with Gasteiger partial charge in [0.2, 0.25) is 5.91 Å². The Hall–Kier alpha value is -0.610. The smallest absolute Gasteiger partial charge is 0.236 e. The Bertz CT molecular complexity index is 250. The van der Waals surface area contributed by atoms with E-state index in [-0.39, 0.29) is 24.1 Å². The molecule has 3 unspecified atom stereocenters. The Kier molecular flexibility index (Phi) is 6.65. The standard InChI is InChI=1S/C14H28N2O2/c1-10(2)7-8-15-14(17)12(4)16-11(3)13-6-5-9-18-13/h10-13,16H,5-9H2,1-4H3,(H,15,17). The molecule has 2 N–H and O–H groups in total. The lowest BCUT2D eigenvalue weighted by molar-refractivity contribution is -0.123. The molecule has 0 saturated carbocycles. The van der Waals surface area contributed by atoms with Crippen LogP contribution in [0.3, 0.4) is 0 Å². The van der Waals surface area contributed by atoms with Crippen LogP contribution in [0.25, 0.3) is 0 Å². The zero-order valence-electron chi connectivity index (χ0n) is 12.2. The molecule has 0 aromatic rings. The molecular weight excluding hydrogens is 228 g/mol. The van der Waals surface area contributed by atoms with Crippen molar-refractivity contribution in [2.24, 2.45) is 5.92 Å². The third-order valence-electron chi connectivity index (χ3n) is 3.45. The van der Waals surface area contributed by atoms with Gasteiger partial charge in [-0.2, -0.15) is 0 Å². The van der Waals surface area contributed by atoms with E-state index in [0.29, 0.717) is 5.92 Å². The van der Waals surface area contributed by atoms with Crippen molar-refractivity contribution in [2.45, 2.75) is 65.1 Å². The normalized spacial score (nSPS) is 23.1. The van der Waals surface area contributed by atoms with Crippen molar-refractivity contribution in [3.8, 4) is 0 Å². The quantitative estimate of drug-likeness (QED) is 0.729. The molecule has 18 heavy (non-hydrogen) atoms. The Morgan fingerprint density at radius 3 is 2.61 bits per heavy atom. The summed E-state index contributed by atoms with van der Waals surface area (Å²) in [6.07, 6.45) is 3.51. The van der Waals surface area contributed by atoms with Crippen molar-refractivity contribution in [1.29, 1.82) is 0 Å². The van der Waals surface area contributed by atoms with Gasteiger partial charge >= 0.3 is 0 Å². The fourth-order valence-electron chi connectivity index (χ4n) is 2.21. The number of hydrogen-bond donors (Lipinski definition) is 2. The molecule has 0 aromatic carbocycles. The second kappa shape index (κ2) is 7.74. The van der Waals surface area contributed by atoms with Crippen LogP contribution in [0.4, 0.5) is 0 Å². The van der Waals surface area contributed by atoms with E-state index < -0.39 is 0 Å². The van der Waals surface area contributed by atoms with Crippen molar-refractivity contribution in [1.82, 2.24) is 10.6 Å². The average Bonchev–Trinajstić information content (AvgIpc) is 2.81. The van der Waals surface area contributed by atoms with E-state index in [4.69, 9.17) is 4.74 Å². The van der Waals surface area contributed by atoms with Gasteiger partial charge < -0.3 is 15.4 Å². The summed E-state index contributed by atoms with van der Waals surface area (Å²) in [6, 6.07) is 0.0784. The molecule has 1 amide bonds. The lowest BCUT2D eigenvalue weighted by Gasteiger charge is -2.24. The molecule has 1 aliphatic rings. The Balaban J connectivity index is 2.21. The summed E-state index contributed by atoms with van der Waals surface area (Å²) < 4.78 is 5.61. The van der Waals surface area contributed by atoms with Crippen LogP contribution in [0.5, 0.6) is 0 Å². The number of nitrogens with one attached hydrogen (secondary N) is 2. The Morgan fingerprint density at radius 1 is 1.33 bits per heavy atom. The fourth-order valence-corrected chi connectivity index (χ4v) is 2.21. The van der Waals surface area contributed by atoms with Crippen LogP contribution in [-0.4, -0.2) is 37.2 Å². The molecule has 1 saturated heterocycles. The number of amides is 1. The average molecular weight is 256 g/mol. The lowest BCUT2D eigenvalue weighted by atomic mass is 10.1. The van der Waals surface area contributed by atoms with E-state index in [1.54, 1.807) is 0 Å².